The number of rotatable bonds is 12. The van der Waals surface area contributed by atoms with E-state index in [1.807, 2.05) is 206 Å². The lowest BCUT2D eigenvalue weighted by atomic mass is 9.75. The van der Waals surface area contributed by atoms with Gasteiger partial charge in [0.05, 0.1) is 12.1 Å². The molecule has 8 rings (SSSR count). The first kappa shape index (κ1) is 39.0. The van der Waals surface area contributed by atoms with E-state index in [2.05, 4.69) is 10.6 Å². The molecule has 0 aromatic heterocycles. The van der Waals surface area contributed by atoms with Crippen LogP contribution in [-0.4, -0.2) is 22.0 Å². The average molecular weight is 775 g/mol. The summed E-state index contributed by atoms with van der Waals surface area (Å²) in [5, 5.41) is 36.6. The number of carbonyl (C=O) groups excluding carboxylic acids is 2. The highest BCUT2D eigenvalue weighted by atomic mass is 16.3. The summed E-state index contributed by atoms with van der Waals surface area (Å²) in [4.78, 5) is 30.0. The Bertz CT molecular complexity index is 2450. The van der Waals surface area contributed by atoms with Crippen LogP contribution < -0.4 is 10.6 Å². The van der Waals surface area contributed by atoms with Crippen molar-refractivity contribution in [3.8, 4) is 0 Å². The Morgan fingerprint density at radius 2 is 0.661 bits per heavy atom. The van der Waals surface area contributed by atoms with Crippen molar-refractivity contribution in [1.82, 2.24) is 10.6 Å². The van der Waals surface area contributed by atoms with E-state index in [0.29, 0.717) is 33.4 Å². The Labute approximate surface area is 344 Å². The van der Waals surface area contributed by atoms with E-state index < -0.39 is 40.5 Å². The van der Waals surface area contributed by atoms with Crippen LogP contribution in [-0.2, 0) is 20.8 Å². The highest BCUT2D eigenvalue weighted by Crippen LogP contribution is 2.44. The fourth-order valence-corrected chi connectivity index (χ4v) is 8.13. The Morgan fingerprint density at radius 3 is 0.966 bits per heavy atom. The predicted molar refractivity (Wildman–Crippen MR) is 235 cm³/mol. The number of carbonyl (C=O) groups is 2. The van der Waals surface area contributed by atoms with E-state index in [0.717, 1.165) is 21.5 Å². The Balaban J connectivity index is 1.23. The Hall–Kier alpha value is -6.86. The summed E-state index contributed by atoms with van der Waals surface area (Å²) in [7, 11) is 0. The van der Waals surface area contributed by atoms with E-state index in [-0.39, 0.29) is 0 Å². The van der Waals surface area contributed by atoms with E-state index in [9.17, 15) is 19.8 Å². The van der Waals surface area contributed by atoms with Crippen LogP contribution >= 0.6 is 0 Å². The van der Waals surface area contributed by atoms with Gasteiger partial charge in [0.2, 0.25) is 11.8 Å². The maximum Gasteiger partial charge on any atom is 0.235 e. The number of benzene rings is 8. The second-order valence-corrected chi connectivity index (χ2v) is 15.6. The maximum atomic E-state index is 15.0. The molecule has 8 aromatic carbocycles. The average Bonchev–Trinajstić information content (AvgIpc) is 3.30. The van der Waals surface area contributed by atoms with Crippen LogP contribution in [0.3, 0.4) is 0 Å². The number of nitrogens with one attached hydrogen (secondary N) is 2. The topological polar surface area (TPSA) is 98.7 Å². The third kappa shape index (κ3) is 7.40. The van der Waals surface area contributed by atoms with E-state index >= 15 is 0 Å². The minimum atomic E-state index is -1.76. The number of hydrogen-bond donors (Lipinski definition) is 4. The number of fused-ring (bicyclic) bond motifs is 2. The summed E-state index contributed by atoms with van der Waals surface area (Å²) in [5.74, 6) is -1.22. The molecule has 2 atom stereocenters. The molecule has 0 aliphatic carbocycles. The molecule has 0 radical (unpaired) electrons. The molecule has 59 heavy (non-hydrogen) atoms. The van der Waals surface area contributed by atoms with Gasteiger partial charge < -0.3 is 20.8 Å². The predicted octanol–water partition coefficient (Wildman–Crippen LogP) is 9.91. The number of aliphatic hydroxyl groups is 2. The molecule has 292 valence electrons. The lowest BCUT2D eigenvalue weighted by Crippen LogP contribution is -2.55. The van der Waals surface area contributed by atoms with Crippen molar-refractivity contribution in [2.75, 3.05) is 0 Å². The Morgan fingerprint density at radius 1 is 0.390 bits per heavy atom. The third-order valence-electron chi connectivity index (χ3n) is 11.6. The van der Waals surface area contributed by atoms with Gasteiger partial charge in [0.1, 0.15) is 16.6 Å². The van der Waals surface area contributed by atoms with E-state index in [4.69, 9.17) is 0 Å². The number of amides is 2. The van der Waals surface area contributed by atoms with Gasteiger partial charge in [-0.3, -0.25) is 9.59 Å². The summed E-state index contributed by atoms with van der Waals surface area (Å²) in [6, 6.07) is 62.5. The molecule has 8 aromatic rings. The molecule has 0 heterocycles. The van der Waals surface area contributed by atoms with Crippen molar-refractivity contribution < 1.29 is 19.8 Å². The lowest BCUT2D eigenvalue weighted by Gasteiger charge is -2.41. The number of hydrogen-bond acceptors (Lipinski definition) is 4. The first-order valence-electron chi connectivity index (χ1n) is 19.9. The van der Waals surface area contributed by atoms with Gasteiger partial charge in [0.25, 0.3) is 0 Å². The molecule has 4 N–H and O–H groups in total. The van der Waals surface area contributed by atoms with Gasteiger partial charge in [-0.2, -0.15) is 0 Å². The highest BCUT2D eigenvalue weighted by Gasteiger charge is 2.48. The van der Waals surface area contributed by atoms with E-state index in [1.165, 1.54) is 0 Å². The minimum Gasteiger partial charge on any atom is -0.378 e. The molecule has 6 nitrogen and oxygen atoms in total. The quantitative estimate of drug-likeness (QED) is 0.0930. The molecule has 6 heteroatoms. The van der Waals surface area contributed by atoms with E-state index in [1.54, 1.807) is 13.8 Å². The van der Waals surface area contributed by atoms with Crippen molar-refractivity contribution >= 4 is 33.4 Å². The van der Waals surface area contributed by atoms with Gasteiger partial charge in [-0.15, -0.1) is 0 Å². The van der Waals surface area contributed by atoms with Crippen molar-refractivity contribution in [2.24, 2.45) is 5.41 Å². The highest BCUT2D eigenvalue weighted by molar-refractivity contribution is 6.04. The standard InChI is InChI=1S/C53H46N2O4/c1-51(2,49(56)54-47(41-33-31-37-19-15-17-21-39(37)35-41)52(58,43-23-7-3-8-24-43)44-25-9-4-10-26-44)50(57)55-48(42-34-32-38-20-16-18-22-40(38)36-42)53(59,45-27-11-5-12-28-45)46-29-13-6-14-30-46/h3-36,47-48,58-59H,1-2H3,(H,54,56)(H,55,57). The van der Waals surface area contributed by atoms with Crippen molar-refractivity contribution in [1.29, 1.82) is 0 Å². The van der Waals surface area contributed by atoms with Crippen LogP contribution in [0, 0.1) is 5.41 Å². The summed E-state index contributed by atoms with van der Waals surface area (Å²) in [6.07, 6.45) is 0. The van der Waals surface area contributed by atoms with Crippen LogP contribution in [0.25, 0.3) is 21.5 Å². The molecule has 2 amide bonds. The molecule has 0 fully saturated rings. The summed E-state index contributed by atoms with van der Waals surface area (Å²) in [5.41, 5.74) is -1.66. The van der Waals surface area contributed by atoms with Crippen LogP contribution in [0.2, 0.25) is 0 Å². The van der Waals surface area contributed by atoms with Crippen molar-refractivity contribution in [3.63, 3.8) is 0 Å². The van der Waals surface area contributed by atoms with Crippen LogP contribution in [0.5, 0.6) is 0 Å². The van der Waals surface area contributed by atoms with Crippen LogP contribution in [0.15, 0.2) is 206 Å². The fraction of sp³-hybridized carbons (Fsp3) is 0.132. The van der Waals surface area contributed by atoms with Gasteiger partial charge >= 0.3 is 0 Å². The second kappa shape index (κ2) is 16.2. The van der Waals surface area contributed by atoms with Gasteiger partial charge in [0, 0.05) is 0 Å². The largest absolute Gasteiger partial charge is 0.378 e. The monoisotopic (exact) mass is 774 g/mol. The molecular formula is C53H46N2O4. The van der Waals surface area contributed by atoms with Crippen molar-refractivity contribution in [3.05, 3.63) is 240 Å². The molecule has 0 bridgehead atoms. The maximum absolute atomic E-state index is 15.0. The SMILES string of the molecule is CC(C)(C(=O)NC(c1ccc2ccccc2c1)C(O)(c1ccccc1)c1ccccc1)C(=O)NC(c1ccc2ccccc2c1)C(O)(c1ccccc1)c1ccccc1. The zero-order chi connectivity index (χ0) is 41.0. The first-order chi connectivity index (χ1) is 28.6. The lowest BCUT2D eigenvalue weighted by molar-refractivity contribution is -0.144. The molecule has 0 spiro atoms. The zero-order valence-electron chi connectivity index (χ0n) is 33.0. The van der Waals surface area contributed by atoms with Gasteiger partial charge in [0.15, 0.2) is 0 Å². The molecule has 0 saturated carbocycles. The molecule has 0 aliphatic rings. The smallest absolute Gasteiger partial charge is 0.235 e. The Kier molecular flexibility index (Phi) is 10.7. The third-order valence-corrected chi connectivity index (χ3v) is 11.6. The minimum absolute atomic E-state index is 0.569. The van der Waals surface area contributed by atoms with Gasteiger partial charge in [-0.05, 0) is 80.9 Å². The van der Waals surface area contributed by atoms with Gasteiger partial charge in [-0.25, -0.2) is 0 Å². The normalized spacial score (nSPS) is 13.1. The van der Waals surface area contributed by atoms with Crippen molar-refractivity contribution in [2.45, 2.75) is 37.1 Å². The molecule has 2 unspecified atom stereocenters. The molecule has 0 aliphatic heterocycles. The zero-order valence-corrected chi connectivity index (χ0v) is 33.0. The van der Waals surface area contributed by atoms with Crippen LogP contribution in [0.1, 0.15) is 59.3 Å². The first-order valence-corrected chi connectivity index (χ1v) is 19.9. The van der Waals surface area contributed by atoms with Gasteiger partial charge in [-0.1, -0.05) is 194 Å². The molecule has 0 saturated heterocycles. The summed E-state index contributed by atoms with van der Waals surface area (Å²) in [6.45, 7) is 3.14. The fourth-order valence-electron chi connectivity index (χ4n) is 8.13. The second-order valence-electron chi connectivity index (χ2n) is 15.6. The van der Waals surface area contributed by atoms with Crippen LogP contribution in [0.4, 0.5) is 0 Å². The molecular weight excluding hydrogens is 729 g/mol. The summed E-state index contributed by atoms with van der Waals surface area (Å²) < 4.78 is 0. The summed E-state index contributed by atoms with van der Waals surface area (Å²) >= 11 is 0.